The molecule has 6 fully saturated rings. The zero-order valence-corrected chi connectivity index (χ0v) is 31.6. The molecule has 0 radical (unpaired) electrons. The molecule has 4 heterocycles. The summed E-state index contributed by atoms with van der Waals surface area (Å²) in [4.78, 5) is 41.5. The van der Waals surface area contributed by atoms with Crippen LogP contribution in [0.5, 0.6) is 5.75 Å². The lowest BCUT2D eigenvalue weighted by Crippen LogP contribution is -2.70. The van der Waals surface area contributed by atoms with Gasteiger partial charge in [0, 0.05) is 67.6 Å². The van der Waals surface area contributed by atoms with E-state index in [0.717, 1.165) is 12.5 Å². The van der Waals surface area contributed by atoms with Crippen LogP contribution in [0, 0.1) is 29.6 Å². The Balaban J connectivity index is 1.03. The Morgan fingerprint density at radius 2 is 1.50 bits per heavy atom. The van der Waals surface area contributed by atoms with Crippen LogP contribution in [-0.4, -0.2) is 67.4 Å². The number of carboxylic acid groups (broad SMARTS) is 1. The number of fused-ring (bicyclic) bond motifs is 1. The van der Waals surface area contributed by atoms with Crippen molar-refractivity contribution >= 4 is 28.7 Å². The van der Waals surface area contributed by atoms with Crippen molar-refractivity contribution in [2.24, 2.45) is 29.6 Å². The van der Waals surface area contributed by atoms with Crippen LogP contribution in [0.4, 0.5) is 32.3 Å². The monoisotopic (exact) mass is 810 g/mol. The summed E-state index contributed by atoms with van der Waals surface area (Å²) in [5.74, 6) is -2.64. The number of piperidine rings is 1. The number of nitrogens with zero attached hydrogens (tertiary/aromatic N) is 5. The maximum atomic E-state index is 14.9. The summed E-state index contributed by atoms with van der Waals surface area (Å²) in [6, 6.07) is 9.00. The SMILES string of the molecule is O=C(NC1(C(=O)O)C2CC3CC(C2)CC1C3)c1ccc(-c2cn(C3CCC(C(F)(F)F)CC3)c3cc(OC4CCN(c5ncccn5)CC4)ccc23)nc1C(F)(F)F. The number of anilines is 1. The van der Waals surface area contributed by atoms with Gasteiger partial charge in [-0.25, -0.2) is 19.7 Å². The lowest BCUT2D eigenvalue weighted by Gasteiger charge is -2.59. The fourth-order valence-electron chi connectivity index (χ4n) is 11.1. The van der Waals surface area contributed by atoms with E-state index in [1.54, 1.807) is 42.9 Å². The first-order valence-electron chi connectivity index (χ1n) is 20.2. The molecule has 4 aromatic rings. The van der Waals surface area contributed by atoms with Crippen LogP contribution in [0.2, 0.25) is 0 Å². The molecule has 5 saturated carbocycles. The van der Waals surface area contributed by atoms with Gasteiger partial charge in [-0.15, -0.1) is 0 Å². The van der Waals surface area contributed by atoms with E-state index < -0.39 is 46.9 Å². The zero-order valence-electron chi connectivity index (χ0n) is 31.6. The highest BCUT2D eigenvalue weighted by molar-refractivity contribution is 6.00. The van der Waals surface area contributed by atoms with Crippen LogP contribution in [0.25, 0.3) is 22.2 Å². The molecule has 0 atom stereocenters. The first-order valence-corrected chi connectivity index (χ1v) is 20.2. The summed E-state index contributed by atoms with van der Waals surface area (Å²) < 4.78 is 93.8. The normalized spacial score (nSPS) is 28.8. The molecule has 308 valence electrons. The van der Waals surface area contributed by atoms with Gasteiger partial charge in [-0.2, -0.15) is 26.3 Å². The molecule has 10 nitrogen and oxygen atoms in total. The van der Waals surface area contributed by atoms with E-state index in [0.29, 0.717) is 91.6 Å². The predicted octanol–water partition coefficient (Wildman–Crippen LogP) is 8.86. The lowest BCUT2D eigenvalue weighted by atomic mass is 9.48. The highest BCUT2D eigenvalue weighted by Crippen LogP contribution is 2.58. The number of amides is 1. The molecule has 0 spiro atoms. The van der Waals surface area contributed by atoms with Crippen LogP contribution < -0.4 is 15.0 Å². The number of ether oxygens (including phenoxy) is 1. The number of pyridine rings is 1. The van der Waals surface area contributed by atoms with Crippen LogP contribution in [0.1, 0.15) is 92.7 Å². The molecule has 10 rings (SSSR count). The Hall–Kier alpha value is -4.89. The third-order valence-corrected chi connectivity index (χ3v) is 13.7. The van der Waals surface area contributed by atoms with Crippen molar-refractivity contribution in [3.63, 3.8) is 0 Å². The van der Waals surface area contributed by atoms with Crippen molar-refractivity contribution in [1.29, 1.82) is 0 Å². The molecule has 6 aliphatic rings. The van der Waals surface area contributed by atoms with E-state index in [2.05, 4.69) is 25.2 Å². The number of halogens is 6. The van der Waals surface area contributed by atoms with Gasteiger partial charge >= 0.3 is 18.3 Å². The van der Waals surface area contributed by atoms with E-state index in [1.807, 2.05) is 4.57 Å². The summed E-state index contributed by atoms with van der Waals surface area (Å²) in [6.45, 7) is 1.33. The van der Waals surface area contributed by atoms with Gasteiger partial charge in [0.15, 0.2) is 5.69 Å². The predicted molar refractivity (Wildman–Crippen MR) is 200 cm³/mol. The van der Waals surface area contributed by atoms with Crippen molar-refractivity contribution in [2.75, 3.05) is 18.0 Å². The smallest absolute Gasteiger partial charge is 0.434 e. The standard InChI is InChI=1S/C42H44F6N6O4/c43-41(44,45)25-2-4-28(5-3-25)54-22-33(31-7-6-30(21-35(31)54)58-29-10-14-53(15-11-29)39-49-12-1-13-50-39)34-9-8-32(36(51-34)42(46,47)48)37(55)52-40(38(56)57)26-17-23-16-24(19-26)20-27(40)18-23/h1,6-9,12-13,21-29H,2-5,10-11,14-20H2,(H,52,55)(H,56,57). The van der Waals surface area contributed by atoms with Crippen LogP contribution >= 0.6 is 0 Å². The maximum Gasteiger partial charge on any atom is 0.434 e. The van der Waals surface area contributed by atoms with E-state index in [-0.39, 0.29) is 55.4 Å². The number of aromatic nitrogens is 4. The van der Waals surface area contributed by atoms with Gasteiger partial charge < -0.3 is 24.6 Å². The van der Waals surface area contributed by atoms with E-state index in [1.165, 1.54) is 6.07 Å². The van der Waals surface area contributed by atoms with Crippen LogP contribution in [-0.2, 0) is 11.0 Å². The molecule has 5 aliphatic carbocycles. The average Bonchev–Trinajstić information content (AvgIpc) is 3.57. The topological polar surface area (TPSA) is 122 Å². The number of alkyl halides is 6. The highest BCUT2D eigenvalue weighted by Gasteiger charge is 2.62. The molecule has 1 saturated heterocycles. The molecule has 1 aromatic carbocycles. The Kier molecular flexibility index (Phi) is 9.61. The molecular weight excluding hydrogens is 766 g/mol. The third kappa shape index (κ3) is 6.93. The summed E-state index contributed by atoms with van der Waals surface area (Å²) in [7, 11) is 0. The second kappa shape index (κ2) is 14.4. The fraction of sp³-hybridized carbons (Fsp3) is 0.548. The number of carboxylic acids is 1. The van der Waals surface area contributed by atoms with Crippen LogP contribution in [0.15, 0.2) is 55.0 Å². The minimum Gasteiger partial charge on any atom is -0.490 e. The number of hydrogen-bond acceptors (Lipinski definition) is 7. The first-order chi connectivity index (χ1) is 27.7. The Bertz CT molecular complexity index is 2170. The first kappa shape index (κ1) is 38.6. The molecule has 1 amide bonds. The molecule has 4 bridgehead atoms. The largest absolute Gasteiger partial charge is 0.490 e. The third-order valence-electron chi connectivity index (χ3n) is 13.7. The molecule has 58 heavy (non-hydrogen) atoms. The minimum absolute atomic E-state index is 0.0792. The van der Waals surface area contributed by atoms with Gasteiger partial charge in [-0.05, 0) is 112 Å². The molecule has 1 aliphatic heterocycles. The molecular formula is C42H44F6N6O4. The van der Waals surface area contributed by atoms with E-state index >= 15 is 0 Å². The molecule has 3 aromatic heterocycles. The van der Waals surface area contributed by atoms with Crippen molar-refractivity contribution in [2.45, 2.75) is 101 Å². The van der Waals surface area contributed by atoms with Crippen molar-refractivity contribution in [3.05, 3.63) is 66.2 Å². The van der Waals surface area contributed by atoms with Crippen LogP contribution in [0.3, 0.4) is 0 Å². The molecule has 0 unspecified atom stereocenters. The Morgan fingerprint density at radius 3 is 2.10 bits per heavy atom. The van der Waals surface area contributed by atoms with Gasteiger partial charge in [0.25, 0.3) is 5.91 Å². The second-order valence-corrected chi connectivity index (χ2v) is 17.1. The van der Waals surface area contributed by atoms with Crippen molar-refractivity contribution in [1.82, 2.24) is 24.8 Å². The highest BCUT2D eigenvalue weighted by atomic mass is 19.4. The van der Waals surface area contributed by atoms with E-state index in [4.69, 9.17) is 4.74 Å². The zero-order chi connectivity index (χ0) is 40.6. The lowest BCUT2D eigenvalue weighted by molar-refractivity contribution is -0.183. The van der Waals surface area contributed by atoms with E-state index in [9.17, 15) is 41.0 Å². The number of aliphatic carboxylic acids is 1. The number of benzene rings is 1. The number of carbonyl (C=O) groups excluding carboxylic acids is 1. The minimum atomic E-state index is -5.07. The summed E-state index contributed by atoms with van der Waals surface area (Å²) in [5.41, 5.74) is -3.04. The van der Waals surface area contributed by atoms with Gasteiger partial charge in [-0.3, -0.25) is 4.79 Å². The summed E-state index contributed by atoms with van der Waals surface area (Å²) in [5, 5.41) is 13.7. The van der Waals surface area contributed by atoms with Gasteiger partial charge in [-0.1, -0.05) is 0 Å². The number of carbonyl (C=O) groups is 2. The van der Waals surface area contributed by atoms with Gasteiger partial charge in [0.1, 0.15) is 17.4 Å². The quantitative estimate of drug-likeness (QED) is 0.169. The number of rotatable bonds is 8. The second-order valence-electron chi connectivity index (χ2n) is 17.1. The summed E-state index contributed by atoms with van der Waals surface area (Å²) in [6.07, 6.45) is 0.590. The van der Waals surface area contributed by atoms with Gasteiger partial charge in [0.2, 0.25) is 5.95 Å². The maximum absolute atomic E-state index is 14.9. The Labute approximate surface area is 330 Å². The fourth-order valence-corrected chi connectivity index (χ4v) is 11.1. The molecule has 2 N–H and O–H groups in total. The number of nitrogens with one attached hydrogen (secondary N) is 1. The Morgan fingerprint density at radius 1 is 0.845 bits per heavy atom. The number of hydrogen-bond donors (Lipinski definition) is 2. The van der Waals surface area contributed by atoms with Crippen molar-refractivity contribution in [3.8, 4) is 17.0 Å². The molecule has 16 heteroatoms. The van der Waals surface area contributed by atoms with Crippen molar-refractivity contribution < 1.29 is 45.8 Å². The van der Waals surface area contributed by atoms with Gasteiger partial charge in [0.05, 0.1) is 22.7 Å². The summed E-state index contributed by atoms with van der Waals surface area (Å²) >= 11 is 0. The average molecular weight is 811 g/mol.